The Morgan fingerprint density at radius 2 is 2.22 bits per heavy atom. The van der Waals surface area contributed by atoms with E-state index in [0.717, 1.165) is 0 Å². The molecule has 1 amide bonds. The Morgan fingerprint density at radius 1 is 1.56 bits per heavy atom. The summed E-state index contributed by atoms with van der Waals surface area (Å²) in [5.74, 6) is -0.552. The van der Waals surface area contributed by atoms with Gasteiger partial charge in [0.15, 0.2) is 5.69 Å². The number of amides is 1. The molecule has 0 aliphatic carbocycles. The van der Waals surface area contributed by atoms with Crippen LogP contribution in [0.15, 0.2) is 5.51 Å². The second-order valence-electron chi connectivity index (χ2n) is 3.85. The van der Waals surface area contributed by atoms with Crippen LogP contribution in [0.1, 0.15) is 24.3 Å². The average molecular weight is 271 g/mol. The molecular formula is C11H17N3O3S. The van der Waals surface area contributed by atoms with E-state index >= 15 is 0 Å². The number of hydrogen-bond donors (Lipinski definition) is 1. The molecular weight excluding hydrogens is 254 g/mol. The molecule has 6 nitrogen and oxygen atoms in total. The van der Waals surface area contributed by atoms with Crippen LogP contribution in [-0.4, -0.2) is 48.5 Å². The summed E-state index contributed by atoms with van der Waals surface area (Å²) >= 11 is 1.27. The highest BCUT2D eigenvalue weighted by atomic mass is 32.1. The first-order valence-electron chi connectivity index (χ1n) is 5.55. The molecule has 7 heteroatoms. The van der Waals surface area contributed by atoms with Crippen molar-refractivity contribution < 1.29 is 14.3 Å². The fourth-order valence-electron chi connectivity index (χ4n) is 1.34. The summed E-state index contributed by atoms with van der Waals surface area (Å²) in [5.41, 5.74) is 1.77. The molecule has 18 heavy (non-hydrogen) atoms. The first-order valence-corrected chi connectivity index (χ1v) is 6.43. The summed E-state index contributed by atoms with van der Waals surface area (Å²) in [4.78, 5) is 28.7. The smallest absolute Gasteiger partial charge is 0.360 e. The lowest BCUT2D eigenvalue weighted by atomic mass is 10.3. The molecule has 0 fully saturated rings. The number of rotatable bonds is 5. The number of carbonyl (C=O) groups is 2. The van der Waals surface area contributed by atoms with Crippen LogP contribution in [0.4, 0.5) is 5.00 Å². The maximum Gasteiger partial charge on any atom is 0.360 e. The summed E-state index contributed by atoms with van der Waals surface area (Å²) in [6, 6.07) is -0.423. The molecule has 1 aromatic heterocycles. The second-order valence-corrected chi connectivity index (χ2v) is 4.70. The molecule has 0 spiro atoms. The average Bonchev–Trinajstić information content (AvgIpc) is 2.76. The van der Waals surface area contributed by atoms with Crippen LogP contribution in [0.2, 0.25) is 0 Å². The van der Waals surface area contributed by atoms with Gasteiger partial charge < -0.3 is 15.0 Å². The minimum Gasteiger partial charge on any atom is -0.461 e. The number of esters is 1. The number of anilines is 1. The number of hydrogen-bond acceptors (Lipinski definition) is 6. The van der Waals surface area contributed by atoms with Gasteiger partial charge in [0.25, 0.3) is 0 Å². The van der Waals surface area contributed by atoms with Crippen molar-refractivity contribution in [2.75, 3.05) is 26.0 Å². The van der Waals surface area contributed by atoms with Gasteiger partial charge in [0.2, 0.25) is 5.91 Å². The molecule has 0 saturated carbocycles. The number of aromatic nitrogens is 1. The molecule has 0 saturated heterocycles. The van der Waals surface area contributed by atoms with Gasteiger partial charge in [0, 0.05) is 14.1 Å². The Hall–Kier alpha value is -1.63. The van der Waals surface area contributed by atoms with Gasteiger partial charge in [-0.3, -0.25) is 4.79 Å². The maximum absolute atomic E-state index is 11.7. The Balaban J connectivity index is 2.77. The van der Waals surface area contributed by atoms with E-state index < -0.39 is 12.0 Å². The van der Waals surface area contributed by atoms with Crippen LogP contribution in [0.5, 0.6) is 0 Å². The van der Waals surface area contributed by atoms with Gasteiger partial charge >= 0.3 is 5.97 Å². The van der Waals surface area contributed by atoms with Crippen LogP contribution >= 0.6 is 11.3 Å². The van der Waals surface area contributed by atoms with Crippen molar-refractivity contribution in [2.45, 2.75) is 19.9 Å². The summed E-state index contributed by atoms with van der Waals surface area (Å²) in [6.07, 6.45) is 0. The summed E-state index contributed by atoms with van der Waals surface area (Å²) in [6.45, 7) is 3.76. The highest BCUT2D eigenvalue weighted by molar-refractivity contribution is 7.14. The quantitative estimate of drug-likeness (QED) is 0.815. The van der Waals surface area contributed by atoms with E-state index in [1.807, 2.05) is 0 Å². The maximum atomic E-state index is 11.7. The fourth-order valence-corrected chi connectivity index (χ4v) is 2.10. The van der Waals surface area contributed by atoms with Crippen molar-refractivity contribution in [3.8, 4) is 0 Å². The standard InChI is InChI=1S/C11H17N3O3S/c1-5-17-11(16)8-9(18-6-12-8)13-7(2)10(15)14(3)4/h6-7,13H,5H2,1-4H3. The van der Waals surface area contributed by atoms with Crippen LogP contribution in [-0.2, 0) is 9.53 Å². The van der Waals surface area contributed by atoms with E-state index in [4.69, 9.17) is 4.74 Å². The van der Waals surface area contributed by atoms with E-state index in [9.17, 15) is 9.59 Å². The Labute approximate surface area is 110 Å². The lowest BCUT2D eigenvalue weighted by Crippen LogP contribution is -2.36. The van der Waals surface area contributed by atoms with Gasteiger partial charge in [-0.1, -0.05) is 0 Å². The zero-order valence-electron chi connectivity index (χ0n) is 10.9. The molecule has 0 bridgehead atoms. The van der Waals surface area contributed by atoms with E-state index in [-0.39, 0.29) is 11.6 Å². The highest BCUT2D eigenvalue weighted by Crippen LogP contribution is 2.22. The van der Waals surface area contributed by atoms with Crippen molar-refractivity contribution in [3.05, 3.63) is 11.2 Å². The summed E-state index contributed by atoms with van der Waals surface area (Å²) in [7, 11) is 3.36. The number of likely N-dealkylation sites (N-methyl/N-ethyl adjacent to an activating group) is 1. The van der Waals surface area contributed by atoms with Crippen LogP contribution in [0.25, 0.3) is 0 Å². The Kier molecular flexibility index (Phi) is 5.08. The van der Waals surface area contributed by atoms with Gasteiger partial charge in [0.1, 0.15) is 11.0 Å². The van der Waals surface area contributed by atoms with E-state index in [2.05, 4.69) is 10.3 Å². The van der Waals surface area contributed by atoms with E-state index in [1.54, 1.807) is 33.5 Å². The molecule has 0 aromatic carbocycles. The molecule has 1 rings (SSSR count). The zero-order chi connectivity index (χ0) is 13.7. The van der Waals surface area contributed by atoms with E-state index in [0.29, 0.717) is 11.6 Å². The second kappa shape index (κ2) is 6.34. The third kappa shape index (κ3) is 3.43. The fraction of sp³-hybridized carbons (Fsp3) is 0.545. The summed E-state index contributed by atoms with van der Waals surface area (Å²) in [5, 5.41) is 3.53. The molecule has 0 aliphatic heterocycles. The van der Waals surface area contributed by atoms with E-state index in [1.165, 1.54) is 16.2 Å². The molecule has 0 radical (unpaired) electrons. The van der Waals surface area contributed by atoms with Gasteiger partial charge in [-0.15, -0.1) is 11.3 Å². The monoisotopic (exact) mass is 271 g/mol. The number of ether oxygens (including phenoxy) is 1. The minimum absolute atomic E-state index is 0.0711. The molecule has 1 unspecified atom stereocenters. The Bertz CT molecular complexity index is 431. The molecule has 1 heterocycles. The molecule has 1 atom stereocenters. The third-order valence-electron chi connectivity index (χ3n) is 2.20. The molecule has 1 aromatic rings. The van der Waals surface area contributed by atoms with Crippen molar-refractivity contribution in [2.24, 2.45) is 0 Å². The predicted octanol–water partition coefficient (Wildman–Crippen LogP) is 1.21. The first kappa shape index (κ1) is 14.4. The summed E-state index contributed by atoms with van der Waals surface area (Å²) < 4.78 is 4.89. The van der Waals surface area contributed by atoms with Gasteiger partial charge in [-0.25, -0.2) is 9.78 Å². The number of nitrogens with zero attached hydrogens (tertiary/aromatic N) is 2. The normalized spacial score (nSPS) is 11.8. The zero-order valence-corrected chi connectivity index (χ0v) is 11.7. The number of thiazole rings is 1. The lowest BCUT2D eigenvalue weighted by Gasteiger charge is -2.18. The van der Waals surface area contributed by atoms with Crippen molar-refractivity contribution >= 4 is 28.2 Å². The number of nitrogens with one attached hydrogen (secondary N) is 1. The lowest BCUT2D eigenvalue weighted by molar-refractivity contribution is -0.129. The highest BCUT2D eigenvalue weighted by Gasteiger charge is 2.21. The van der Waals surface area contributed by atoms with Crippen LogP contribution in [0, 0.1) is 0 Å². The van der Waals surface area contributed by atoms with Gasteiger partial charge in [-0.2, -0.15) is 0 Å². The topological polar surface area (TPSA) is 71.5 Å². The van der Waals surface area contributed by atoms with Crippen molar-refractivity contribution in [3.63, 3.8) is 0 Å². The van der Waals surface area contributed by atoms with Crippen LogP contribution < -0.4 is 5.32 Å². The molecule has 100 valence electrons. The van der Waals surface area contributed by atoms with Crippen molar-refractivity contribution in [1.82, 2.24) is 9.88 Å². The number of carbonyl (C=O) groups excluding carboxylic acids is 2. The first-order chi connectivity index (χ1) is 8.47. The van der Waals surface area contributed by atoms with Crippen molar-refractivity contribution in [1.29, 1.82) is 0 Å². The minimum atomic E-state index is -0.481. The Morgan fingerprint density at radius 3 is 2.78 bits per heavy atom. The SMILES string of the molecule is CCOC(=O)c1ncsc1NC(C)C(=O)N(C)C. The van der Waals surface area contributed by atoms with Crippen LogP contribution in [0.3, 0.4) is 0 Å². The van der Waals surface area contributed by atoms with Gasteiger partial charge in [-0.05, 0) is 13.8 Å². The van der Waals surface area contributed by atoms with Gasteiger partial charge in [0.05, 0.1) is 12.1 Å². The molecule has 0 aliphatic rings. The molecule has 1 N–H and O–H groups in total. The largest absolute Gasteiger partial charge is 0.461 e. The third-order valence-corrected chi connectivity index (χ3v) is 2.95. The predicted molar refractivity (Wildman–Crippen MR) is 69.8 cm³/mol.